The molecule has 1 amide bonds. The summed E-state index contributed by atoms with van der Waals surface area (Å²) in [5, 5.41) is 4.25. The molecule has 1 unspecified atom stereocenters. The van der Waals surface area contributed by atoms with Crippen LogP contribution < -0.4 is 19.9 Å². The van der Waals surface area contributed by atoms with E-state index in [0.29, 0.717) is 17.1 Å². The Hall–Kier alpha value is -4.22. The number of aromatic nitrogens is 2. The molecule has 1 atom stereocenters. The summed E-state index contributed by atoms with van der Waals surface area (Å²) in [7, 11) is -1.20. The van der Waals surface area contributed by atoms with Gasteiger partial charge >= 0.3 is 0 Å². The number of nitrogens with one attached hydrogen (secondary N) is 1. The van der Waals surface area contributed by atoms with Crippen LogP contribution in [0.2, 0.25) is 0 Å². The smallest absolute Gasteiger partial charge is 0.243 e. The van der Waals surface area contributed by atoms with Crippen LogP contribution in [0.25, 0.3) is 5.69 Å². The summed E-state index contributed by atoms with van der Waals surface area (Å²) >= 11 is 0. The molecule has 198 valence electrons. The van der Waals surface area contributed by atoms with Crippen LogP contribution in [0.15, 0.2) is 78.0 Å². The Morgan fingerprint density at radius 1 is 1.11 bits per heavy atom. The van der Waals surface area contributed by atoms with Crippen molar-refractivity contribution in [3.63, 3.8) is 0 Å². The van der Waals surface area contributed by atoms with E-state index in [1.165, 1.54) is 49.2 Å². The summed E-state index contributed by atoms with van der Waals surface area (Å²) in [5.41, 5.74) is 7.56. The molecule has 4 aromatic rings. The first-order valence-electron chi connectivity index (χ1n) is 11.5. The predicted molar refractivity (Wildman–Crippen MR) is 139 cm³/mol. The average molecular weight is 539 g/mol. The quantitative estimate of drug-likeness (QED) is 0.319. The predicted octanol–water partition coefficient (Wildman–Crippen LogP) is 3.43. The number of ether oxygens (including phenoxy) is 2. The fourth-order valence-corrected chi connectivity index (χ4v) is 5.34. The topological polar surface area (TPSA) is 126 Å². The van der Waals surface area contributed by atoms with Gasteiger partial charge in [0.15, 0.2) is 0 Å². The van der Waals surface area contributed by atoms with Gasteiger partial charge in [-0.2, -0.15) is 5.10 Å². The Labute approximate surface area is 220 Å². The molecule has 9 nitrogen and oxygen atoms in total. The highest BCUT2D eigenvalue weighted by Gasteiger charge is 2.28. The Morgan fingerprint density at radius 3 is 2.50 bits per heavy atom. The largest absolute Gasteiger partial charge is 0.497 e. The second-order valence-corrected chi connectivity index (χ2v) is 10.3. The zero-order chi connectivity index (χ0) is 27.4. The van der Waals surface area contributed by atoms with E-state index in [2.05, 4.69) is 9.82 Å². The highest BCUT2D eigenvalue weighted by molar-refractivity contribution is 7.89. The third-order valence-corrected chi connectivity index (χ3v) is 7.44. The van der Waals surface area contributed by atoms with E-state index in [9.17, 15) is 17.6 Å². The molecule has 0 spiro atoms. The van der Waals surface area contributed by atoms with Crippen LogP contribution in [0, 0.1) is 12.7 Å². The van der Waals surface area contributed by atoms with Crippen molar-refractivity contribution in [2.75, 3.05) is 14.2 Å². The minimum Gasteiger partial charge on any atom is -0.497 e. The van der Waals surface area contributed by atoms with E-state index >= 15 is 0 Å². The molecule has 38 heavy (non-hydrogen) atoms. The lowest BCUT2D eigenvalue weighted by Crippen LogP contribution is -2.27. The molecule has 3 aromatic carbocycles. The number of methoxy groups -OCH3 is 2. The summed E-state index contributed by atoms with van der Waals surface area (Å²) in [6.07, 6.45) is 3.26. The molecule has 1 aromatic heterocycles. The summed E-state index contributed by atoms with van der Waals surface area (Å²) in [6, 6.07) is 15.1. The number of hydrogen-bond acceptors (Lipinski definition) is 6. The van der Waals surface area contributed by atoms with E-state index in [1.54, 1.807) is 42.7 Å². The molecule has 0 bridgehead atoms. The molecule has 0 radical (unpaired) electrons. The van der Waals surface area contributed by atoms with Crippen molar-refractivity contribution in [2.45, 2.75) is 24.3 Å². The normalized spacial score (nSPS) is 12.2. The van der Waals surface area contributed by atoms with Crippen molar-refractivity contribution >= 4 is 15.9 Å². The van der Waals surface area contributed by atoms with E-state index < -0.39 is 27.7 Å². The lowest BCUT2D eigenvalue weighted by molar-refractivity contribution is -0.118. The van der Waals surface area contributed by atoms with Gasteiger partial charge in [0.2, 0.25) is 15.9 Å². The Bertz CT molecular complexity index is 1590. The molecule has 0 saturated carbocycles. The first-order valence-corrected chi connectivity index (χ1v) is 13.0. The zero-order valence-corrected chi connectivity index (χ0v) is 21.8. The molecule has 11 heteroatoms. The number of aryl methyl sites for hydroxylation is 1. The summed E-state index contributed by atoms with van der Waals surface area (Å²) < 4.78 is 56.6. The maximum absolute atomic E-state index is 14.6. The number of rotatable bonds is 10. The summed E-state index contributed by atoms with van der Waals surface area (Å²) in [5.74, 6) is -1.66. The van der Waals surface area contributed by atoms with Gasteiger partial charge in [-0.05, 0) is 42.3 Å². The van der Waals surface area contributed by atoms with Crippen LogP contribution in [-0.2, 0) is 21.4 Å². The van der Waals surface area contributed by atoms with E-state index in [-0.39, 0.29) is 28.3 Å². The zero-order valence-electron chi connectivity index (χ0n) is 21.0. The molecule has 3 N–H and O–H groups in total. The van der Waals surface area contributed by atoms with Gasteiger partial charge < -0.3 is 15.2 Å². The maximum atomic E-state index is 14.6. The molecule has 1 heterocycles. The monoisotopic (exact) mass is 538 g/mol. The SMILES string of the molecule is COc1ccc(CNS(=O)(=O)c2cc(C(C(N)=O)c3ccccc3F)ccc2-n2cc(C)cn2)c(OC)c1. The second kappa shape index (κ2) is 11.0. The molecule has 0 saturated heterocycles. The Morgan fingerprint density at radius 2 is 1.87 bits per heavy atom. The van der Waals surface area contributed by atoms with E-state index in [1.807, 2.05) is 6.92 Å². The first-order chi connectivity index (χ1) is 18.1. The van der Waals surface area contributed by atoms with Gasteiger partial charge in [0, 0.05) is 29.9 Å². The lowest BCUT2D eigenvalue weighted by Gasteiger charge is -2.19. The fraction of sp³-hybridized carbons (Fsp3) is 0.185. The van der Waals surface area contributed by atoms with Gasteiger partial charge in [0.25, 0.3) is 0 Å². The van der Waals surface area contributed by atoms with Crippen LogP contribution >= 0.6 is 0 Å². The number of hydrogen-bond donors (Lipinski definition) is 2. The first kappa shape index (κ1) is 26.8. The molecule has 0 aliphatic heterocycles. The molecule has 0 aliphatic rings. The van der Waals surface area contributed by atoms with Crippen molar-refractivity contribution < 1.29 is 27.1 Å². The Kier molecular flexibility index (Phi) is 7.79. The van der Waals surface area contributed by atoms with Gasteiger partial charge in [-0.15, -0.1) is 0 Å². The number of carbonyl (C=O) groups excluding carboxylic acids is 1. The summed E-state index contributed by atoms with van der Waals surface area (Å²) in [6.45, 7) is 1.73. The van der Waals surface area contributed by atoms with Crippen LogP contribution in [0.3, 0.4) is 0 Å². The fourth-order valence-electron chi connectivity index (χ4n) is 4.11. The third kappa shape index (κ3) is 5.53. The number of primary amides is 1. The van der Waals surface area contributed by atoms with E-state index in [4.69, 9.17) is 15.2 Å². The second-order valence-electron chi connectivity index (χ2n) is 8.55. The van der Waals surface area contributed by atoms with Crippen LogP contribution in [-0.4, -0.2) is 38.3 Å². The highest BCUT2D eigenvalue weighted by atomic mass is 32.2. The van der Waals surface area contributed by atoms with Crippen molar-refractivity contribution in [3.8, 4) is 17.2 Å². The molecular formula is C27H27FN4O5S. The number of carbonyl (C=O) groups is 1. The number of nitrogens with two attached hydrogens (primary N) is 1. The van der Waals surface area contributed by atoms with Crippen LogP contribution in [0.1, 0.15) is 28.2 Å². The molecule has 4 rings (SSSR count). The molecular weight excluding hydrogens is 511 g/mol. The minimum absolute atomic E-state index is 0.0435. The Balaban J connectivity index is 1.80. The van der Waals surface area contributed by atoms with Crippen molar-refractivity contribution in [1.82, 2.24) is 14.5 Å². The van der Waals surface area contributed by atoms with Gasteiger partial charge in [0.1, 0.15) is 22.2 Å². The number of nitrogens with zero attached hydrogens (tertiary/aromatic N) is 2. The lowest BCUT2D eigenvalue weighted by atomic mass is 9.90. The van der Waals surface area contributed by atoms with Crippen molar-refractivity contribution in [3.05, 3.63) is 101 Å². The number of benzene rings is 3. The average Bonchev–Trinajstić information content (AvgIpc) is 3.34. The molecule has 0 aliphatic carbocycles. The minimum atomic E-state index is -4.19. The number of sulfonamides is 1. The standard InChI is InChI=1S/C27H27FN4O5S/c1-17-14-30-32(16-17)23-11-9-18(26(27(29)33)21-6-4-5-7-22(21)28)12-25(23)38(34,35)31-15-19-8-10-20(36-2)13-24(19)37-3/h4-14,16,26,31H,15H2,1-3H3,(H2,29,33). The maximum Gasteiger partial charge on any atom is 0.243 e. The summed E-state index contributed by atoms with van der Waals surface area (Å²) in [4.78, 5) is 12.3. The van der Waals surface area contributed by atoms with E-state index in [0.717, 1.165) is 5.56 Å². The van der Waals surface area contributed by atoms with Gasteiger partial charge in [-0.3, -0.25) is 4.79 Å². The van der Waals surface area contributed by atoms with Gasteiger partial charge in [0.05, 0.1) is 32.0 Å². The van der Waals surface area contributed by atoms with Crippen molar-refractivity contribution in [1.29, 1.82) is 0 Å². The van der Waals surface area contributed by atoms with Crippen LogP contribution in [0.5, 0.6) is 11.5 Å². The number of halogens is 1. The number of amides is 1. The highest BCUT2D eigenvalue weighted by Crippen LogP contribution is 2.31. The van der Waals surface area contributed by atoms with Gasteiger partial charge in [-0.25, -0.2) is 22.2 Å². The van der Waals surface area contributed by atoms with Gasteiger partial charge in [-0.1, -0.05) is 30.3 Å². The third-order valence-electron chi connectivity index (χ3n) is 6.01. The van der Waals surface area contributed by atoms with Crippen LogP contribution in [0.4, 0.5) is 4.39 Å². The molecule has 0 fully saturated rings. The van der Waals surface area contributed by atoms with Crippen molar-refractivity contribution in [2.24, 2.45) is 5.73 Å².